The van der Waals surface area contributed by atoms with Gasteiger partial charge in [-0.25, -0.2) is 5.43 Å². The topological polar surface area (TPSA) is 118 Å². The van der Waals surface area contributed by atoms with Gasteiger partial charge in [-0.15, -0.1) is 0 Å². The molecule has 0 spiro atoms. The van der Waals surface area contributed by atoms with Crippen LogP contribution in [0.5, 0.6) is 11.5 Å². The summed E-state index contributed by atoms with van der Waals surface area (Å²) in [4.78, 5) is 36.7. The molecule has 9 nitrogen and oxygen atoms in total. The molecule has 0 aliphatic carbocycles. The normalized spacial score (nSPS) is 10.6. The van der Waals surface area contributed by atoms with Crippen molar-refractivity contribution in [2.45, 2.75) is 27.2 Å². The molecule has 3 N–H and O–H groups in total. The van der Waals surface area contributed by atoms with E-state index >= 15 is 0 Å². The van der Waals surface area contributed by atoms with Crippen LogP contribution in [-0.4, -0.2) is 37.1 Å². The van der Waals surface area contributed by atoms with E-state index in [2.05, 4.69) is 21.2 Å². The maximum atomic E-state index is 12.3. The third-order valence-corrected chi connectivity index (χ3v) is 5.53. The van der Waals surface area contributed by atoms with E-state index in [1.165, 1.54) is 12.3 Å². The minimum absolute atomic E-state index is 0.181. The van der Waals surface area contributed by atoms with Crippen LogP contribution in [0.15, 0.2) is 65.8 Å². The van der Waals surface area contributed by atoms with Crippen LogP contribution in [-0.2, 0) is 20.8 Å². The molecule has 3 aromatic carbocycles. The van der Waals surface area contributed by atoms with Gasteiger partial charge in [0.2, 0.25) is 0 Å². The average Bonchev–Trinajstić information content (AvgIpc) is 2.90. The summed E-state index contributed by atoms with van der Waals surface area (Å²) in [5.41, 5.74) is 5.87. The number of hydrogen-bond donors (Lipinski definition) is 3. The summed E-state index contributed by atoms with van der Waals surface area (Å²) >= 11 is 6.39. The Morgan fingerprint density at radius 2 is 1.68 bits per heavy atom. The van der Waals surface area contributed by atoms with E-state index in [1.54, 1.807) is 37.3 Å². The molecule has 0 fully saturated rings. The molecule has 0 heterocycles. The smallest absolute Gasteiger partial charge is 0.329 e. The number of carbonyl (C=O) groups excluding carboxylic acids is 3. The minimum Gasteiger partial charge on any atom is -0.490 e. The second kappa shape index (κ2) is 13.8. The molecule has 0 aliphatic heterocycles. The van der Waals surface area contributed by atoms with Crippen molar-refractivity contribution in [3.63, 3.8) is 0 Å². The van der Waals surface area contributed by atoms with Crippen molar-refractivity contribution in [1.82, 2.24) is 5.43 Å². The number of amides is 3. The molecule has 0 saturated carbocycles. The van der Waals surface area contributed by atoms with Crippen molar-refractivity contribution in [2.75, 3.05) is 23.8 Å². The molecule has 0 saturated heterocycles. The fourth-order valence-electron chi connectivity index (χ4n) is 3.38. The monoisotopic (exact) mass is 536 g/mol. The predicted octanol–water partition coefficient (Wildman–Crippen LogP) is 4.72. The van der Waals surface area contributed by atoms with Crippen molar-refractivity contribution in [3.8, 4) is 11.5 Å². The maximum absolute atomic E-state index is 12.3. The molecule has 0 unspecified atom stereocenters. The number of hydrogen-bond acceptors (Lipinski definition) is 6. The lowest BCUT2D eigenvalue weighted by Crippen LogP contribution is -2.32. The van der Waals surface area contributed by atoms with Crippen LogP contribution >= 0.6 is 11.6 Å². The lowest BCUT2D eigenvalue weighted by atomic mass is 10.1. The van der Waals surface area contributed by atoms with Crippen molar-refractivity contribution >= 4 is 46.9 Å². The Balaban J connectivity index is 1.61. The van der Waals surface area contributed by atoms with E-state index in [4.69, 9.17) is 21.1 Å². The Bertz CT molecular complexity index is 1330. The van der Waals surface area contributed by atoms with E-state index in [-0.39, 0.29) is 23.3 Å². The van der Waals surface area contributed by atoms with Crippen molar-refractivity contribution < 1.29 is 23.9 Å². The molecule has 0 aliphatic rings. The molecular formula is C28H29ClN4O5. The summed E-state index contributed by atoms with van der Waals surface area (Å²) in [5, 5.41) is 9.35. The number of rotatable bonds is 10. The van der Waals surface area contributed by atoms with E-state index < -0.39 is 11.8 Å². The quantitative estimate of drug-likeness (QED) is 0.197. The SMILES string of the molecule is CCOc1cc(/C=N\NC(=O)C(=O)Nc2ccccc2CC)cc(Cl)c1OCC(=O)Nc1ccc(C)cc1. The largest absolute Gasteiger partial charge is 0.490 e. The highest BCUT2D eigenvalue weighted by Crippen LogP contribution is 2.36. The number of ether oxygens (including phenoxy) is 2. The van der Waals surface area contributed by atoms with Gasteiger partial charge in [-0.05, 0) is 61.7 Å². The van der Waals surface area contributed by atoms with E-state index in [0.717, 1.165) is 11.1 Å². The van der Waals surface area contributed by atoms with Gasteiger partial charge in [0.25, 0.3) is 5.91 Å². The zero-order valence-corrected chi connectivity index (χ0v) is 22.1. The minimum atomic E-state index is -0.928. The van der Waals surface area contributed by atoms with Crippen LogP contribution in [0.3, 0.4) is 0 Å². The van der Waals surface area contributed by atoms with Crippen molar-refractivity contribution in [3.05, 3.63) is 82.4 Å². The zero-order valence-electron chi connectivity index (χ0n) is 21.3. The number of benzene rings is 3. The maximum Gasteiger partial charge on any atom is 0.329 e. The first-order valence-corrected chi connectivity index (χ1v) is 12.4. The standard InChI is InChI=1S/C28H29ClN4O5/c1-4-20-8-6-7-9-23(20)32-27(35)28(36)33-30-16-19-14-22(29)26(24(15-19)37-5-2)38-17-25(34)31-21-12-10-18(3)11-13-21/h6-16H,4-5,17H2,1-3H3,(H,31,34)(H,32,35)(H,33,36)/b30-16-. The predicted molar refractivity (Wildman–Crippen MR) is 148 cm³/mol. The van der Waals surface area contributed by atoms with Gasteiger partial charge in [0.1, 0.15) is 0 Å². The van der Waals surface area contributed by atoms with Crippen molar-refractivity contribution in [1.29, 1.82) is 0 Å². The van der Waals surface area contributed by atoms with E-state index in [1.807, 2.05) is 38.1 Å². The number of nitrogens with zero attached hydrogens (tertiary/aromatic N) is 1. The lowest BCUT2D eigenvalue weighted by Gasteiger charge is -2.14. The fourth-order valence-corrected chi connectivity index (χ4v) is 3.66. The molecule has 0 radical (unpaired) electrons. The van der Waals surface area contributed by atoms with Crippen LogP contribution in [0.1, 0.15) is 30.5 Å². The number of anilines is 2. The number of halogens is 1. The molecule has 38 heavy (non-hydrogen) atoms. The third kappa shape index (κ3) is 8.07. The fraction of sp³-hybridized carbons (Fsp3) is 0.214. The summed E-state index contributed by atoms with van der Waals surface area (Å²) in [6.07, 6.45) is 2.02. The van der Waals surface area contributed by atoms with Crippen LogP contribution < -0.4 is 25.5 Å². The van der Waals surface area contributed by atoms with Crippen LogP contribution in [0, 0.1) is 6.92 Å². The van der Waals surface area contributed by atoms with Gasteiger partial charge in [0.15, 0.2) is 18.1 Å². The Hall–Kier alpha value is -4.37. The first-order chi connectivity index (χ1) is 18.3. The Kier molecular flexibility index (Phi) is 10.2. The van der Waals surface area contributed by atoms with Gasteiger partial charge in [0.05, 0.1) is 17.8 Å². The van der Waals surface area contributed by atoms with E-state index in [9.17, 15) is 14.4 Å². The van der Waals surface area contributed by atoms with E-state index in [0.29, 0.717) is 35.7 Å². The highest BCUT2D eigenvalue weighted by Gasteiger charge is 2.16. The second-order valence-electron chi connectivity index (χ2n) is 8.13. The molecule has 3 aromatic rings. The summed E-state index contributed by atoms with van der Waals surface area (Å²) in [6, 6.07) is 17.7. The summed E-state index contributed by atoms with van der Waals surface area (Å²) in [7, 11) is 0. The second-order valence-corrected chi connectivity index (χ2v) is 8.54. The first kappa shape index (κ1) is 28.2. The molecule has 0 atom stereocenters. The number of aryl methyl sites for hydroxylation is 2. The van der Waals surface area contributed by atoms with Crippen LogP contribution in [0.2, 0.25) is 5.02 Å². The van der Waals surface area contributed by atoms with Crippen LogP contribution in [0.4, 0.5) is 11.4 Å². The lowest BCUT2D eigenvalue weighted by molar-refractivity contribution is -0.136. The molecule has 0 bridgehead atoms. The molecule has 3 rings (SSSR count). The third-order valence-electron chi connectivity index (χ3n) is 5.25. The molecular weight excluding hydrogens is 508 g/mol. The highest BCUT2D eigenvalue weighted by molar-refractivity contribution is 6.39. The molecule has 10 heteroatoms. The number of carbonyl (C=O) groups is 3. The molecule has 0 aromatic heterocycles. The molecule has 198 valence electrons. The Morgan fingerprint density at radius 3 is 2.39 bits per heavy atom. The molecule has 3 amide bonds. The summed E-state index contributed by atoms with van der Waals surface area (Å²) < 4.78 is 11.3. The number of hydrazone groups is 1. The Labute approximate surface area is 226 Å². The zero-order chi connectivity index (χ0) is 27.5. The number of para-hydroxylation sites is 1. The summed E-state index contributed by atoms with van der Waals surface area (Å²) in [6.45, 7) is 5.73. The van der Waals surface area contributed by atoms with Crippen molar-refractivity contribution in [2.24, 2.45) is 5.10 Å². The first-order valence-electron chi connectivity index (χ1n) is 12.0. The van der Waals surface area contributed by atoms with Gasteiger partial charge < -0.3 is 20.1 Å². The van der Waals surface area contributed by atoms with Gasteiger partial charge in [0, 0.05) is 11.4 Å². The summed E-state index contributed by atoms with van der Waals surface area (Å²) in [5.74, 6) is -1.64. The van der Waals surface area contributed by atoms with Gasteiger partial charge in [-0.2, -0.15) is 5.10 Å². The van der Waals surface area contributed by atoms with Crippen LogP contribution in [0.25, 0.3) is 0 Å². The average molecular weight is 537 g/mol. The van der Waals surface area contributed by atoms with Gasteiger partial charge in [-0.3, -0.25) is 14.4 Å². The number of nitrogens with one attached hydrogen (secondary N) is 3. The van der Waals surface area contributed by atoms with Gasteiger partial charge in [-0.1, -0.05) is 54.4 Å². The Morgan fingerprint density at radius 1 is 0.947 bits per heavy atom. The van der Waals surface area contributed by atoms with Gasteiger partial charge >= 0.3 is 11.8 Å². The highest BCUT2D eigenvalue weighted by atomic mass is 35.5.